The number of nitrogen functional groups attached to an aromatic ring is 1. The Morgan fingerprint density at radius 2 is 1.70 bits per heavy atom. The van der Waals surface area contributed by atoms with Crippen LogP contribution in [0.2, 0.25) is 10.0 Å². The van der Waals surface area contributed by atoms with Crippen molar-refractivity contribution in [3.05, 3.63) is 45.9 Å². The van der Waals surface area contributed by atoms with Crippen LogP contribution in [-0.4, -0.2) is 7.11 Å². The molecule has 0 aromatic heterocycles. The number of benzene rings is 2. The van der Waals surface area contributed by atoms with Crippen molar-refractivity contribution in [3.63, 3.8) is 0 Å². The number of rotatable bonds is 4. The summed E-state index contributed by atoms with van der Waals surface area (Å²) < 4.78 is 11.1. The zero-order valence-electron chi connectivity index (χ0n) is 11.2. The van der Waals surface area contributed by atoms with E-state index in [1.807, 2.05) is 18.2 Å². The van der Waals surface area contributed by atoms with Gasteiger partial charge in [-0.25, -0.2) is 0 Å². The van der Waals surface area contributed by atoms with E-state index in [1.165, 1.54) is 0 Å². The molecule has 0 heterocycles. The first kappa shape index (κ1) is 14.8. The average Bonchev–Trinajstić information content (AvgIpc) is 2.45. The maximum absolute atomic E-state index is 5.97. The van der Waals surface area contributed by atoms with Gasteiger partial charge in [-0.05, 0) is 30.2 Å². The Kier molecular flexibility index (Phi) is 4.63. The van der Waals surface area contributed by atoms with Crippen LogP contribution in [-0.2, 0) is 6.42 Å². The molecule has 0 saturated heterocycles. The molecular formula is C15H15Cl2NO2. The van der Waals surface area contributed by atoms with Crippen LogP contribution in [0.1, 0.15) is 12.5 Å². The van der Waals surface area contributed by atoms with Gasteiger partial charge in [-0.1, -0.05) is 36.2 Å². The van der Waals surface area contributed by atoms with Crippen molar-refractivity contribution in [3.8, 4) is 17.2 Å². The number of hydrogen-bond donors (Lipinski definition) is 1. The topological polar surface area (TPSA) is 44.5 Å². The molecule has 0 aliphatic rings. The summed E-state index contributed by atoms with van der Waals surface area (Å²) in [5.41, 5.74) is 7.46. The average molecular weight is 312 g/mol. The molecular weight excluding hydrogens is 297 g/mol. The molecule has 3 nitrogen and oxygen atoms in total. The monoisotopic (exact) mass is 311 g/mol. The van der Waals surface area contributed by atoms with E-state index in [0.717, 1.165) is 12.0 Å². The van der Waals surface area contributed by atoms with Gasteiger partial charge < -0.3 is 15.2 Å². The Labute approximate surface area is 128 Å². The highest BCUT2D eigenvalue weighted by Gasteiger charge is 2.11. The lowest BCUT2D eigenvalue weighted by Crippen LogP contribution is -1.95. The Bertz CT molecular complexity index is 630. The minimum absolute atomic E-state index is 0.389. The van der Waals surface area contributed by atoms with Crippen LogP contribution in [0.15, 0.2) is 30.3 Å². The summed E-state index contributed by atoms with van der Waals surface area (Å²) in [4.78, 5) is 0. The molecule has 0 bridgehead atoms. The number of methoxy groups -OCH3 is 1. The largest absolute Gasteiger partial charge is 0.493 e. The highest BCUT2D eigenvalue weighted by atomic mass is 35.5. The van der Waals surface area contributed by atoms with Gasteiger partial charge in [0, 0.05) is 6.07 Å². The number of nitrogens with two attached hydrogens (primary N) is 1. The maximum Gasteiger partial charge on any atom is 0.169 e. The SMILES string of the molecule is CCc1ccc(Oc2cc(Cl)c(Cl)cc2N)c(OC)c1. The van der Waals surface area contributed by atoms with Gasteiger partial charge >= 0.3 is 0 Å². The number of ether oxygens (including phenoxy) is 2. The lowest BCUT2D eigenvalue weighted by molar-refractivity contribution is 0.379. The highest BCUT2D eigenvalue weighted by molar-refractivity contribution is 6.42. The van der Waals surface area contributed by atoms with Gasteiger partial charge in [0.1, 0.15) is 0 Å². The van der Waals surface area contributed by atoms with Crippen LogP contribution < -0.4 is 15.2 Å². The third-order valence-corrected chi connectivity index (χ3v) is 3.63. The van der Waals surface area contributed by atoms with Gasteiger partial charge in [-0.3, -0.25) is 0 Å². The van der Waals surface area contributed by atoms with E-state index in [4.69, 9.17) is 38.4 Å². The third-order valence-electron chi connectivity index (χ3n) is 2.91. The van der Waals surface area contributed by atoms with E-state index >= 15 is 0 Å². The van der Waals surface area contributed by atoms with E-state index in [9.17, 15) is 0 Å². The molecule has 0 saturated carbocycles. The zero-order chi connectivity index (χ0) is 14.7. The van der Waals surface area contributed by atoms with Crippen LogP contribution >= 0.6 is 23.2 Å². The lowest BCUT2D eigenvalue weighted by atomic mass is 10.1. The van der Waals surface area contributed by atoms with E-state index < -0.39 is 0 Å². The van der Waals surface area contributed by atoms with Crippen molar-refractivity contribution >= 4 is 28.9 Å². The molecule has 0 aliphatic heterocycles. The number of aryl methyl sites for hydroxylation is 1. The number of anilines is 1. The second-order valence-corrected chi connectivity index (χ2v) is 5.06. The van der Waals surface area contributed by atoms with E-state index in [2.05, 4.69) is 6.92 Å². The molecule has 0 amide bonds. The molecule has 0 radical (unpaired) electrons. The molecule has 2 aromatic rings. The first-order valence-corrected chi connectivity index (χ1v) is 6.90. The van der Waals surface area contributed by atoms with Crippen molar-refractivity contribution in [2.45, 2.75) is 13.3 Å². The second-order valence-electron chi connectivity index (χ2n) is 4.24. The molecule has 5 heteroatoms. The van der Waals surface area contributed by atoms with Gasteiger partial charge in [-0.2, -0.15) is 0 Å². The summed E-state index contributed by atoms with van der Waals surface area (Å²) in [7, 11) is 1.60. The lowest BCUT2D eigenvalue weighted by Gasteiger charge is -2.13. The third kappa shape index (κ3) is 3.11. The molecule has 2 rings (SSSR count). The second kappa shape index (κ2) is 6.25. The Morgan fingerprint density at radius 1 is 1.00 bits per heavy atom. The minimum Gasteiger partial charge on any atom is -0.493 e. The Balaban J connectivity index is 2.37. The molecule has 0 unspecified atom stereocenters. The molecule has 20 heavy (non-hydrogen) atoms. The Morgan fingerprint density at radius 3 is 2.35 bits per heavy atom. The summed E-state index contributed by atoms with van der Waals surface area (Å²) >= 11 is 11.9. The zero-order valence-corrected chi connectivity index (χ0v) is 12.8. The smallest absolute Gasteiger partial charge is 0.169 e. The van der Waals surface area contributed by atoms with Crippen LogP contribution in [0.3, 0.4) is 0 Å². The van der Waals surface area contributed by atoms with Crippen LogP contribution in [0, 0.1) is 0 Å². The molecule has 0 aliphatic carbocycles. The maximum atomic E-state index is 5.97. The summed E-state index contributed by atoms with van der Waals surface area (Å²) in [5, 5.41) is 0.782. The fourth-order valence-electron chi connectivity index (χ4n) is 1.77. The van der Waals surface area contributed by atoms with Crippen molar-refractivity contribution in [1.29, 1.82) is 0 Å². The summed E-state index contributed by atoms with van der Waals surface area (Å²) in [6.45, 7) is 2.08. The highest BCUT2D eigenvalue weighted by Crippen LogP contribution is 2.38. The standard InChI is InChI=1S/C15H15Cl2NO2/c1-3-9-4-5-13(15(6-9)19-2)20-14-8-11(17)10(16)7-12(14)18/h4-8H,3,18H2,1-2H3. The van der Waals surface area contributed by atoms with Crippen LogP contribution in [0.5, 0.6) is 17.2 Å². The predicted molar refractivity (Wildman–Crippen MR) is 83.3 cm³/mol. The molecule has 2 aromatic carbocycles. The van der Waals surface area contributed by atoms with Gasteiger partial charge in [0.05, 0.1) is 22.8 Å². The minimum atomic E-state index is 0.389. The molecule has 0 spiro atoms. The summed E-state index contributed by atoms with van der Waals surface area (Å²) in [5.74, 6) is 1.67. The van der Waals surface area contributed by atoms with E-state index in [-0.39, 0.29) is 0 Å². The van der Waals surface area contributed by atoms with Crippen molar-refractivity contribution in [1.82, 2.24) is 0 Å². The predicted octanol–water partition coefficient (Wildman–Crippen LogP) is 4.94. The van der Waals surface area contributed by atoms with Crippen molar-refractivity contribution < 1.29 is 9.47 Å². The number of halogens is 2. The normalized spacial score (nSPS) is 10.4. The van der Waals surface area contributed by atoms with Gasteiger partial charge in [0.2, 0.25) is 0 Å². The molecule has 0 fully saturated rings. The summed E-state index contributed by atoms with van der Waals surface area (Å²) in [6.07, 6.45) is 0.922. The van der Waals surface area contributed by atoms with Crippen molar-refractivity contribution in [2.75, 3.05) is 12.8 Å². The van der Waals surface area contributed by atoms with Crippen LogP contribution in [0.4, 0.5) is 5.69 Å². The molecule has 0 atom stereocenters. The first-order chi connectivity index (χ1) is 9.55. The fraction of sp³-hybridized carbons (Fsp3) is 0.200. The quantitative estimate of drug-likeness (QED) is 0.813. The summed E-state index contributed by atoms with van der Waals surface area (Å²) in [6, 6.07) is 8.91. The van der Waals surface area contributed by atoms with Crippen LogP contribution in [0.25, 0.3) is 0 Å². The Hall–Kier alpha value is -1.58. The molecule has 106 valence electrons. The van der Waals surface area contributed by atoms with Crippen molar-refractivity contribution in [2.24, 2.45) is 0 Å². The van der Waals surface area contributed by atoms with E-state index in [0.29, 0.717) is 33.0 Å². The molecule has 2 N–H and O–H groups in total. The first-order valence-electron chi connectivity index (χ1n) is 6.14. The van der Waals surface area contributed by atoms with Gasteiger partial charge in [0.25, 0.3) is 0 Å². The fourth-order valence-corrected chi connectivity index (χ4v) is 2.09. The van der Waals surface area contributed by atoms with E-state index in [1.54, 1.807) is 19.2 Å². The van der Waals surface area contributed by atoms with Gasteiger partial charge in [-0.15, -0.1) is 0 Å². The number of hydrogen-bond acceptors (Lipinski definition) is 3. The van der Waals surface area contributed by atoms with Gasteiger partial charge in [0.15, 0.2) is 17.2 Å².